The second-order valence-corrected chi connectivity index (χ2v) is 11.9. The van der Waals surface area contributed by atoms with Crippen LogP contribution in [-0.4, -0.2) is 28.9 Å². The van der Waals surface area contributed by atoms with Crippen LogP contribution in [0.5, 0.6) is 0 Å². The summed E-state index contributed by atoms with van der Waals surface area (Å²) in [6.07, 6.45) is 6.82. The van der Waals surface area contributed by atoms with Crippen LogP contribution in [0, 0.1) is 47.1 Å². The number of fused-ring (bicyclic) bond motifs is 4. The molecule has 252 valence electrons. The fourth-order valence-electron chi connectivity index (χ4n) is 6.28. The summed E-state index contributed by atoms with van der Waals surface area (Å²) < 4.78 is 48.6. The Bertz CT molecular complexity index is 2430. The zero-order valence-electron chi connectivity index (χ0n) is 33.9. The van der Waals surface area contributed by atoms with Gasteiger partial charge in [0.15, 0.2) is 0 Å². The first-order valence-electron chi connectivity index (χ1n) is 18.8. The molecule has 5 heterocycles. The third-order valence-electron chi connectivity index (χ3n) is 8.39. The third kappa shape index (κ3) is 6.94. The van der Waals surface area contributed by atoms with Gasteiger partial charge in [0.1, 0.15) is 5.82 Å². The number of aryl methyl sites for hydroxylation is 4. The Labute approximate surface area is 316 Å². The van der Waals surface area contributed by atoms with E-state index in [0.29, 0.717) is 34.3 Å². The Balaban J connectivity index is 0.000000317. The SMILES string of the molecule is [2H]C([2H])([2H])N([CH-]Nc1[c-]c(N2[CH-]N(C([2H])([2H])[2H])c3cccnc32)cc(-c2c(C)cc(C)cc2C)c1)c1cccnc1C.[Pt+4].c1ccc2c(c1)[n-]c1cnccc12. The van der Waals surface area contributed by atoms with Gasteiger partial charge in [-0.15, -0.1) is 46.2 Å². The molecule has 4 aromatic heterocycles. The Kier molecular flexibility index (Phi) is 8.13. The van der Waals surface area contributed by atoms with E-state index in [1.807, 2.05) is 57.2 Å². The molecule has 0 fully saturated rings. The number of benzene rings is 3. The molecule has 3 aromatic carbocycles. The molecule has 1 aliphatic heterocycles. The number of pyridine rings is 3. The van der Waals surface area contributed by atoms with E-state index in [1.165, 1.54) is 29.0 Å². The van der Waals surface area contributed by atoms with Gasteiger partial charge >= 0.3 is 21.1 Å². The monoisotopic (exact) mass is 843 g/mol. The van der Waals surface area contributed by atoms with Crippen LogP contribution in [0.4, 0.5) is 28.6 Å². The summed E-state index contributed by atoms with van der Waals surface area (Å²) in [5, 5.41) is 5.53. The maximum atomic E-state index is 8.15. The van der Waals surface area contributed by atoms with E-state index in [-0.39, 0.29) is 21.1 Å². The normalized spacial score (nSPS) is 14.2. The van der Waals surface area contributed by atoms with Crippen molar-refractivity contribution >= 4 is 50.4 Å². The van der Waals surface area contributed by atoms with Crippen LogP contribution in [0.25, 0.3) is 32.9 Å². The van der Waals surface area contributed by atoms with Crippen molar-refractivity contribution in [2.45, 2.75) is 27.7 Å². The molecule has 0 unspecified atom stereocenters. The van der Waals surface area contributed by atoms with Crippen molar-refractivity contribution in [3.63, 3.8) is 0 Å². The Morgan fingerprint density at radius 2 is 1.66 bits per heavy atom. The average molecular weight is 844 g/mol. The number of para-hydroxylation sites is 1. The van der Waals surface area contributed by atoms with Crippen LogP contribution in [0.2, 0.25) is 0 Å². The number of rotatable bonds is 6. The molecule has 0 spiro atoms. The summed E-state index contributed by atoms with van der Waals surface area (Å²) in [5.41, 5.74) is 9.64. The number of nitrogens with one attached hydrogen (secondary N) is 1. The molecule has 1 aliphatic rings. The van der Waals surface area contributed by atoms with Crippen molar-refractivity contribution < 1.29 is 29.3 Å². The smallest absolute Gasteiger partial charge is 0.656 e. The van der Waals surface area contributed by atoms with Crippen molar-refractivity contribution in [2.24, 2.45) is 0 Å². The van der Waals surface area contributed by atoms with Gasteiger partial charge in [-0.05, 0) is 99.4 Å². The van der Waals surface area contributed by atoms with E-state index in [9.17, 15) is 0 Å². The fourth-order valence-corrected chi connectivity index (χ4v) is 6.28. The average Bonchev–Trinajstić information content (AvgIpc) is 3.71. The second-order valence-electron chi connectivity index (χ2n) is 11.9. The van der Waals surface area contributed by atoms with Crippen LogP contribution in [-0.2, 0) is 21.1 Å². The van der Waals surface area contributed by atoms with Gasteiger partial charge in [-0.1, -0.05) is 42.0 Å². The van der Waals surface area contributed by atoms with Gasteiger partial charge in [0.05, 0.1) is 5.69 Å². The topological polar surface area (TPSA) is 74.5 Å². The standard InChI is InChI=1S/C30H31N6.C11H7N2.Pt/c1-20-13-21(2)29(22(3)14-20)24-15-25(33-18-34(5)27-9-7-11-31-23(27)4)17-26(16-24)36-19-35(6)28-10-8-12-32-30(28)36;1-2-4-10-8(3-1)9-5-6-12-7-11(9)13-10;/h7-16,18-19,33H,1-6H3;1-7H;/q-3;-1;+4/i5D3,6D3;;. The third-order valence-corrected chi connectivity index (χ3v) is 8.39. The molecular formula is C41H38N8Pt. The van der Waals surface area contributed by atoms with Crippen LogP contribution in [0.3, 0.4) is 0 Å². The zero-order valence-corrected chi connectivity index (χ0v) is 30.2. The molecule has 9 heteroatoms. The number of aromatic nitrogens is 4. The van der Waals surface area contributed by atoms with Crippen molar-refractivity contribution in [1.82, 2.24) is 19.9 Å². The van der Waals surface area contributed by atoms with E-state index in [0.717, 1.165) is 43.8 Å². The minimum absolute atomic E-state index is 0. The summed E-state index contributed by atoms with van der Waals surface area (Å²) in [6.45, 7) is 5.85. The summed E-state index contributed by atoms with van der Waals surface area (Å²) in [6, 6.07) is 28.3. The molecule has 0 aliphatic carbocycles. The van der Waals surface area contributed by atoms with Crippen molar-refractivity contribution in [2.75, 3.05) is 34.0 Å². The van der Waals surface area contributed by atoms with E-state index in [1.54, 1.807) is 60.9 Å². The van der Waals surface area contributed by atoms with Gasteiger partial charge in [-0.25, -0.2) is 4.98 Å². The molecule has 8 rings (SSSR count). The fraction of sp³-hybridized carbons (Fsp3) is 0.146. The number of hydrogen-bond donors (Lipinski definition) is 1. The number of anilines is 5. The predicted molar refractivity (Wildman–Crippen MR) is 202 cm³/mol. The Morgan fingerprint density at radius 1 is 0.880 bits per heavy atom. The quantitative estimate of drug-likeness (QED) is 0.167. The molecule has 0 radical (unpaired) electrons. The largest absolute Gasteiger partial charge is 4.00 e. The van der Waals surface area contributed by atoms with Crippen molar-refractivity contribution in [3.8, 4) is 11.1 Å². The number of hydrogen-bond acceptors (Lipinski definition) is 7. The Morgan fingerprint density at radius 3 is 2.46 bits per heavy atom. The van der Waals surface area contributed by atoms with Gasteiger partial charge in [-0.2, -0.15) is 13.3 Å². The molecule has 0 amide bonds. The molecule has 7 aromatic rings. The van der Waals surface area contributed by atoms with Gasteiger partial charge in [-0.3, -0.25) is 9.97 Å². The number of nitrogens with zero attached hydrogens (tertiary/aromatic N) is 7. The second kappa shape index (κ2) is 14.7. The van der Waals surface area contributed by atoms with Gasteiger partial charge in [0.25, 0.3) is 0 Å². The first-order valence-corrected chi connectivity index (χ1v) is 15.8. The van der Waals surface area contributed by atoms with E-state index in [2.05, 4.69) is 49.5 Å². The first-order chi connectivity index (χ1) is 26.2. The van der Waals surface area contributed by atoms with Gasteiger partial charge in [0, 0.05) is 44.4 Å². The van der Waals surface area contributed by atoms with Crippen molar-refractivity contribution in [1.29, 1.82) is 0 Å². The van der Waals surface area contributed by atoms with Crippen LogP contribution < -0.4 is 25.0 Å². The van der Waals surface area contributed by atoms with E-state index >= 15 is 0 Å². The molecule has 0 bridgehead atoms. The molecule has 0 saturated carbocycles. The predicted octanol–water partition coefficient (Wildman–Crippen LogP) is 8.89. The van der Waals surface area contributed by atoms with E-state index < -0.39 is 14.0 Å². The maximum Gasteiger partial charge on any atom is 4.00 e. The van der Waals surface area contributed by atoms with Crippen molar-refractivity contribution in [3.05, 3.63) is 145 Å². The summed E-state index contributed by atoms with van der Waals surface area (Å²) in [5.74, 6) is 0.449. The molecular weight excluding hydrogens is 800 g/mol. The summed E-state index contributed by atoms with van der Waals surface area (Å²) in [4.78, 5) is 21.3. The van der Waals surface area contributed by atoms with Crippen LogP contribution >= 0.6 is 0 Å². The minimum atomic E-state index is -2.49. The molecule has 8 nitrogen and oxygen atoms in total. The molecule has 1 N–H and O–H groups in total. The zero-order chi connectivity index (χ0) is 39.1. The maximum absolute atomic E-state index is 8.15. The van der Waals surface area contributed by atoms with E-state index in [4.69, 9.17) is 8.22 Å². The first kappa shape index (κ1) is 27.6. The van der Waals surface area contributed by atoms with Crippen LogP contribution in [0.15, 0.2) is 104 Å². The summed E-state index contributed by atoms with van der Waals surface area (Å²) >= 11 is 0. The minimum Gasteiger partial charge on any atom is -0.656 e. The van der Waals surface area contributed by atoms with Gasteiger partial charge < -0.3 is 25.0 Å². The Hall–Kier alpha value is -5.20. The summed E-state index contributed by atoms with van der Waals surface area (Å²) in [7, 11) is 0. The van der Waals surface area contributed by atoms with Crippen LogP contribution in [0.1, 0.15) is 30.6 Å². The molecule has 0 saturated heterocycles. The van der Waals surface area contributed by atoms with Gasteiger partial charge in [0.2, 0.25) is 0 Å². The molecule has 0 atom stereocenters. The molecule has 50 heavy (non-hydrogen) atoms.